The van der Waals surface area contributed by atoms with Crippen LogP contribution in [0.25, 0.3) is 5.57 Å². The van der Waals surface area contributed by atoms with Gasteiger partial charge in [0.1, 0.15) is 17.2 Å². The van der Waals surface area contributed by atoms with Crippen LogP contribution in [0.15, 0.2) is 72.4 Å². The van der Waals surface area contributed by atoms with E-state index in [2.05, 4.69) is 5.32 Å². The van der Waals surface area contributed by atoms with E-state index in [-0.39, 0.29) is 11.3 Å². The van der Waals surface area contributed by atoms with E-state index in [1.807, 2.05) is 69.3 Å². The normalized spacial score (nSPS) is 13.5. The number of anilines is 2. The number of ether oxygens (including phenoxy) is 2. The quantitative estimate of drug-likeness (QED) is 0.454. The molecule has 6 heteroatoms. The molecule has 2 amide bonds. The first-order chi connectivity index (χ1) is 16.5. The first-order valence-corrected chi connectivity index (χ1v) is 11.3. The summed E-state index contributed by atoms with van der Waals surface area (Å²) in [6, 6.07) is 20.2. The molecule has 1 aliphatic heterocycles. The highest BCUT2D eigenvalue weighted by Crippen LogP contribution is 2.38. The molecule has 1 N–H and O–H groups in total. The highest BCUT2D eigenvalue weighted by Gasteiger charge is 2.41. The maximum absolute atomic E-state index is 13.8. The number of nitrogens with zero attached hydrogens (tertiary/aromatic N) is 1. The fraction of sp³-hybridized carbons (Fsp3) is 0.214. The van der Waals surface area contributed by atoms with Gasteiger partial charge in [-0.25, -0.2) is 4.90 Å². The van der Waals surface area contributed by atoms with Gasteiger partial charge in [-0.2, -0.15) is 0 Å². The molecule has 0 unspecified atom stereocenters. The van der Waals surface area contributed by atoms with Gasteiger partial charge in [0.25, 0.3) is 11.8 Å². The number of methoxy groups -OCH3 is 1. The van der Waals surface area contributed by atoms with Crippen LogP contribution in [0.5, 0.6) is 11.5 Å². The molecule has 0 aliphatic carbocycles. The number of hydrogen-bond acceptors (Lipinski definition) is 5. The Hall–Kier alpha value is -4.06. The Kier molecular flexibility index (Phi) is 6.68. The molecule has 0 atom stereocenters. The highest BCUT2D eigenvalue weighted by molar-refractivity contribution is 6.46. The number of carbonyl (C=O) groups excluding carboxylic acids is 2. The van der Waals surface area contributed by atoms with Crippen LogP contribution in [-0.4, -0.2) is 25.5 Å². The summed E-state index contributed by atoms with van der Waals surface area (Å²) >= 11 is 0. The van der Waals surface area contributed by atoms with Gasteiger partial charge in [0, 0.05) is 17.3 Å². The van der Waals surface area contributed by atoms with E-state index < -0.39 is 11.8 Å². The lowest BCUT2D eigenvalue weighted by molar-refractivity contribution is -0.120. The number of nitrogens with one attached hydrogen (secondary N) is 1. The fourth-order valence-corrected chi connectivity index (χ4v) is 3.97. The molecule has 0 radical (unpaired) electrons. The van der Waals surface area contributed by atoms with E-state index in [1.165, 1.54) is 4.90 Å². The Bertz CT molecular complexity index is 1280. The number of aryl methyl sites for hydroxylation is 1. The summed E-state index contributed by atoms with van der Waals surface area (Å²) in [6.07, 6.45) is 0.887. The Labute approximate surface area is 199 Å². The molecule has 1 aliphatic rings. The topological polar surface area (TPSA) is 67.9 Å². The van der Waals surface area contributed by atoms with E-state index in [0.717, 1.165) is 17.5 Å². The fourth-order valence-electron chi connectivity index (χ4n) is 3.97. The second-order valence-electron chi connectivity index (χ2n) is 8.12. The summed E-state index contributed by atoms with van der Waals surface area (Å²) in [4.78, 5) is 28.8. The van der Waals surface area contributed by atoms with Crippen LogP contribution >= 0.6 is 0 Å². The average molecular weight is 457 g/mol. The Morgan fingerprint density at radius 2 is 1.68 bits per heavy atom. The number of rotatable bonds is 8. The number of benzene rings is 3. The van der Waals surface area contributed by atoms with Crippen LogP contribution in [0.3, 0.4) is 0 Å². The molecule has 174 valence electrons. The molecule has 34 heavy (non-hydrogen) atoms. The van der Waals surface area contributed by atoms with Gasteiger partial charge < -0.3 is 14.8 Å². The molecule has 3 aromatic rings. The zero-order valence-corrected chi connectivity index (χ0v) is 19.8. The van der Waals surface area contributed by atoms with Gasteiger partial charge in [-0.3, -0.25) is 9.59 Å². The molecule has 1 heterocycles. The molecule has 0 spiro atoms. The Morgan fingerprint density at radius 1 is 0.912 bits per heavy atom. The number of imide groups is 1. The van der Waals surface area contributed by atoms with Crippen molar-refractivity contribution in [3.05, 3.63) is 89.1 Å². The molecule has 6 nitrogen and oxygen atoms in total. The van der Waals surface area contributed by atoms with Gasteiger partial charge in [-0.05, 0) is 55.7 Å². The van der Waals surface area contributed by atoms with E-state index in [1.54, 1.807) is 25.3 Å². The molecular weight excluding hydrogens is 428 g/mol. The average Bonchev–Trinajstić information content (AvgIpc) is 3.08. The van der Waals surface area contributed by atoms with E-state index in [0.29, 0.717) is 35.0 Å². The molecule has 4 rings (SSSR count). The number of hydrogen-bond donors (Lipinski definition) is 1. The van der Waals surface area contributed by atoms with Gasteiger partial charge in [0.2, 0.25) is 0 Å². The Morgan fingerprint density at radius 3 is 2.44 bits per heavy atom. The maximum Gasteiger partial charge on any atom is 0.282 e. The van der Waals surface area contributed by atoms with Gasteiger partial charge in [-0.15, -0.1) is 0 Å². The van der Waals surface area contributed by atoms with Crippen LogP contribution < -0.4 is 19.7 Å². The van der Waals surface area contributed by atoms with Crippen molar-refractivity contribution in [3.8, 4) is 11.5 Å². The van der Waals surface area contributed by atoms with E-state index in [4.69, 9.17) is 9.47 Å². The number of amides is 2. The van der Waals surface area contributed by atoms with Crippen LogP contribution in [0.2, 0.25) is 0 Å². The standard InChI is InChI=1S/C28H28N2O4/c1-5-16-34-21-12-9-11-20(17-21)29-26-25(22-13-6-7-15-24(22)33-4)27(31)30(28(26)32)23-14-8-10-18(2)19(23)3/h6-15,17,29H,5,16H2,1-4H3. The van der Waals surface area contributed by atoms with Gasteiger partial charge >= 0.3 is 0 Å². The van der Waals surface area contributed by atoms with Crippen LogP contribution in [0.1, 0.15) is 30.0 Å². The van der Waals surface area contributed by atoms with Crippen molar-refractivity contribution in [3.63, 3.8) is 0 Å². The van der Waals surface area contributed by atoms with Crippen LogP contribution in [0, 0.1) is 13.8 Å². The third-order valence-electron chi connectivity index (χ3n) is 5.85. The predicted octanol–water partition coefficient (Wildman–Crippen LogP) is 5.50. The van der Waals surface area contributed by atoms with Crippen molar-refractivity contribution in [1.82, 2.24) is 0 Å². The molecule has 0 aromatic heterocycles. The molecule has 3 aromatic carbocycles. The zero-order valence-electron chi connectivity index (χ0n) is 19.8. The first kappa shape index (κ1) is 23.1. The monoisotopic (exact) mass is 456 g/mol. The number of carbonyl (C=O) groups is 2. The van der Waals surface area contributed by atoms with E-state index in [9.17, 15) is 9.59 Å². The van der Waals surface area contributed by atoms with Crippen molar-refractivity contribution in [2.24, 2.45) is 0 Å². The van der Waals surface area contributed by atoms with Crippen molar-refractivity contribution in [2.45, 2.75) is 27.2 Å². The smallest absolute Gasteiger partial charge is 0.282 e. The molecular formula is C28H28N2O4. The summed E-state index contributed by atoms with van der Waals surface area (Å²) < 4.78 is 11.3. The summed E-state index contributed by atoms with van der Waals surface area (Å²) in [7, 11) is 1.55. The van der Waals surface area contributed by atoms with Crippen LogP contribution in [0.4, 0.5) is 11.4 Å². The maximum atomic E-state index is 13.8. The minimum Gasteiger partial charge on any atom is -0.496 e. The SMILES string of the molecule is CCCOc1cccc(NC2=C(c3ccccc3OC)C(=O)N(c3cccc(C)c3C)C2=O)c1. The summed E-state index contributed by atoms with van der Waals surface area (Å²) in [5.74, 6) is 0.388. The van der Waals surface area contributed by atoms with Gasteiger partial charge in [0.05, 0.1) is 25.0 Å². The van der Waals surface area contributed by atoms with Crippen molar-refractivity contribution in [2.75, 3.05) is 23.9 Å². The summed E-state index contributed by atoms with van der Waals surface area (Å²) in [6.45, 7) is 6.50. The number of para-hydroxylation sites is 1. The van der Waals surface area contributed by atoms with Crippen molar-refractivity contribution in [1.29, 1.82) is 0 Å². The largest absolute Gasteiger partial charge is 0.496 e. The van der Waals surface area contributed by atoms with Gasteiger partial charge in [-0.1, -0.05) is 43.3 Å². The molecule has 0 saturated carbocycles. The third kappa shape index (κ3) is 4.27. The third-order valence-corrected chi connectivity index (χ3v) is 5.85. The zero-order chi connectivity index (χ0) is 24.2. The predicted molar refractivity (Wildman–Crippen MR) is 134 cm³/mol. The lowest BCUT2D eigenvalue weighted by Gasteiger charge is -2.19. The molecule has 0 fully saturated rings. The Balaban J connectivity index is 1.83. The summed E-state index contributed by atoms with van der Waals surface area (Å²) in [5, 5.41) is 3.20. The molecule has 0 bridgehead atoms. The van der Waals surface area contributed by atoms with E-state index >= 15 is 0 Å². The van der Waals surface area contributed by atoms with Crippen LogP contribution in [-0.2, 0) is 9.59 Å². The second-order valence-corrected chi connectivity index (χ2v) is 8.12. The van der Waals surface area contributed by atoms with Crippen molar-refractivity contribution >= 4 is 28.8 Å². The van der Waals surface area contributed by atoms with Gasteiger partial charge in [0.15, 0.2) is 0 Å². The lowest BCUT2D eigenvalue weighted by atomic mass is 10.0. The minimum absolute atomic E-state index is 0.197. The molecule has 0 saturated heterocycles. The van der Waals surface area contributed by atoms with Crippen molar-refractivity contribution < 1.29 is 19.1 Å². The second kappa shape index (κ2) is 9.83. The first-order valence-electron chi connectivity index (χ1n) is 11.3. The lowest BCUT2D eigenvalue weighted by Crippen LogP contribution is -2.33. The minimum atomic E-state index is -0.417. The summed E-state index contributed by atoms with van der Waals surface area (Å²) in [5.41, 5.74) is 4.11. The highest BCUT2D eigenvalue weighted by atomic mass is 16.5.